The van der Waals surface area contributed by atoms with Crippen molar-refractivity contribution in [2.75, 3.05) is 12.4 Å². The monoisotopic (exact) mass is 324 g/mol. The van der Waals surface area contributed by atoms with Gasteiger partial charge in [-0.05, 0) is 24.6 Å². The minimum atomic E-state index is -4.36. The van der Waals surface area contributed by atoms with E-state index in [0.29, 0.717) is 0 Å². The van der Waals surface area contributed by atoms with Crippen LogP contribution in [0.2, 0.25) is 0 Å². The van der Waals surface area contributed by atoms with E-state index in [9.17, 15) is 32.8 Å². The molecule has 0 saturated heterocycles. The molecule has 0 bridgehead atoms. The first-order valence-electron chi connectivity index (χ1n) is 5.33. The molecule has 0 aromatic heterocycles. The zero-order valence-corrected chi connectivity index (χ0v) is 13.8. The number of rotatable bonds is 7. The summed E-state index contributed by atoms with van der Waals surface area (Å²) in [6, 6.07) is 2.89. The van der Waals surface area contributed by atoms with Gasteiger partial charge >= 0.3 is 29.6 Å². The number of hydrogen-bond donors (Lipinski definition) is 0. The molecule has 0 fully saturated rings. The third-order valence-corrected chi connectivity index (χ3v) is 2.97. The Hall–Kier alpha value is -1.13. The summed E-state index contributed by atoms with van der Waals surface area (Å²) in [5.74, 6) is -3.94. The summed E-state index contributed by atoms with van der Waals surface area (Å²) < 4.78 is 36.0. The van der Waals surface area contributed by atoms with Crippen LogP contribution in [0.25, 0.3) is 0 Å². The van der Waals surface area contributed by atoms with Crippen molar-refractivity contribution >= 4 is 22.1 Å². The van der Waals surface area contributed by atoms with Crippen LogP contribution in [-0.2, 0) is 10.1 Å². The second-order valence-corrected chi connectivity index (χ2v) is 5.31. The molecule has 0 aliphatic carbocycles. The molecule has 8 nitrogen and oxygen atoms in total. The summed E-state index contributed by atoms with van der Waals surface area (Å²) in [6.45, 7) is -0.190. The van der Waals surface area contributed by atoms with Crippen molar-refractivity contribution in [3.8, 4) is 5.75 Å². The molecular weight excluding hydrogens is 315 g/mol. The van der Waals surface area contributed by atoms with Crippen molar-refractivity contribution in [1.29, 1.82) is 0 Å². The first kappa shape index (κ1) is 19.9. The van der Waals surface area contributed by atoms with Gasteiger partial charge in [0.2, 0.25) is 0 Å². The number of carbonyl (C=O) groups is 2. The molecule has 10 heteroatoms. The minimum absolute atomic E-state index is 0. The third kappa shape index (κ3) is 7.44. The number of aromatic carboxylic acids is 2. The Balaban J connectivity index is 0.00000400. The molecule has 0 saturated carbocycles. The zero-order chi connectivity index (χ0) is 15.3. The molecule has 0 unspecified atom stereocenters. The van der Waals surface area contributed by atoms with Crippen LogP contribution in [-0.4, -0.2) is 37.3 Å². The van der Waals surface area contributed by atoms with E-state index in [0.717, 1.165) is 18.2 Å². The van der Waals surface area contributed by atoms with Gasteiger partial charge in [0.1, 0.15) is 5.75 Å². The molecule has 1 aromatic rings. The van der Waals surface area contributed by atoms with Gasteiger partial charge in [-0.1, -0.05) is 0 Å². The summed E-state index contributed by atoms with van der Waals surface area (Å²) in [5, 5.41) is 21.4. The maximum Gasteiger partial charge on any atom is 1.00 e. The molecule has 110 valence electrons. The number of benzene rings is 1. The van der Waals surface area contributed by atoms with E-state index >= 15 is 0 Å². The van der Waals surface area contributed by atoms with Crippen LogP contribution < -0.4 is 44.5 Å². The average molecular weight is 324 g/mol. The number of carboxylic acid groups (broad SMARTS) is 2. The predicted molar refractivity (Wildman–Crippen MR) is 59.8 cm³/mol. The Bertz CT molecular complexity index is 593. The Morgan fingerprint density at radius 2 is 1.52 bits per heavy atom. The van der Waals surface area contributed by atoms with Gasteiger partial charge in [0.05, 0.1) is 28.7 Å². The van der Waals surface area contributed by atoms with E-state index in [2.05, 4.69) is 0 Å². The van der Waals surface area contributed by atoms with Crippen LogP contribution in [0.3, 0.4) is 0 Å². The maximum atomic E-state index is 10.7. The second kappa shape index (κ2) is 8.35. The zero-order valence-electron chi connectivity index (χ0n) is 11.0. The van der Waals surface area contributed by atoms with Crippen molar-refractivity contribution in [1.82, 2.24) is 0 Å². The maximum absolute atomic E-state index is 10.7. The first-order valence-corrected chi connectivity index (χ1v) is 6.91. The van der Waals surface area contributed by atoms with E-state index < -0.39 is 38.9 Å². The molecule has 0 atom stereocenters. The summed E-state index contributed by atoms with van der Waals surface area (Å²) in [5.41, 5.74) is -0.837. The SMILES string of the molecule is O=C([O-])c1cc(OCCCS(=O)(=O)[O-])cc(C(=O)[O-])c1.[Na+]. The Labute approximate surface area is 142 Å². The van der Waals surface area contributed by atoms with E-state index in [-0.39, 0.29) is 48.3 Å². The van der Waals surface area contributed by atoms with Gasteiger partial charge in [-0.3, -0.25) is 0 Å². The van der Waals surface area contributed by atoms with Crippen LogP contribution in [0.5, 0.6) is 5.75 Å². The number of hydrogen-bond acceptors (Lipinski definition) is 8. The molecule has 0 spiro atoms. The standard InChI is InChI=1S/C11H12O8S.Na/c12-10(13)7-4-8(11(14)15)6-9(5-7)19-2-1-3-20(16,17)18;/h4-6H,1-3H2,(H,12,13)(H,14,15)(H,16,17,18);/q;+1/p-3. The van der Waals surface area contributed by atoms with Gasteiger partial charge in [0, 0.05) is 16.9 Å². The summed E-state index contributed by atoms with van der Waals surface area (Å²) in [6.07, 6.45) is -0.109. The van der Waals surface area contributed by atoms with E-state index in [1.807, 2.05) is 0 Å². The normalized spacial score (nSPS) is 10.5. The van der Waals surface area contributed by atoms with Gasteiger partial charge < -0.3 is 29.1 Å². The minimum Gasteiger partial charge on any atom is -0.748 e. The molecule has 1 rings (SSSR count). The molecule has 0 N–H and O–H groups in total. The van der Waals surface area contributed by atoms with Gasteiger partial charge in [-0.2, -0.15) is 0 Å². The fraction of sp³-hybridized carbons (Fsp3) is 0.273. The summed E-state index contributed by atoms with van der Waals surface area (Å²) in [4.78, 5) is 21.4. The van der Waals surface area contributed by atoms with Crippen molar-refractivity contribution in [3.05, 3.63) is 29.3 Å². The number of carboxylic acids is 2. The Morgan fingerprint density at radius 1 is 1.05 bits per heavy atom. The molecule has 1 aromatic carbocycles. The van der Waals surface area contributed by atoms with Gasteiger partial charge in [0.15, 0.2) is 0 Å². The number of carbonyl (C=O) groups excluding carboxylic acids is 2. The summed E-state index contributed by atoms with van der Waals surface area (Å²) in [7, 11) is -4.36. The van der Waals surface area contributed by atoms with E-state index in [1.165, 1.54) is 0 Å². The predicted octanol–water partition coefficient (Wildman–Crippen LogP) is -5.27. The van der Waals surface area contributed by atoms with Crippen LogP contribution in [0.1, 0.15) is 27.1 Å². The van der Waals surface area contributed by atoms with Gasteiger partial charge in [-0.15, -0.1) is 0 Å². The molecule has 0 heterocycles. The largest absolute Gasteiger partial charge is 1.00 e. The first-order chi connectivity index (χ1) is 9.19. The van der Waals surface area contributed by atoms with Crippen molar-refractivity contribution in [2.24, 2.45) is 0 Å². The average Bonchev–Trinajstić information content (AvgIpc) is 2.33. The third-order valence-electron chi connectivity index (χ3n) is 2.19. The van der Waals surface area contributed by atoms with Gasteiger partial charge in [-0.25, -0.2) is 8.42 Å². The van der Waals surface area contributed by atoms with Crippen LogP contribution in [0, 0.1) is 0 Å². The Kier molecular flexibility index (Phi) is 7.90. The van der Waals surface area contributed by atoms with Crippen molar-refractivity contribution in [3.63, 3.8) is 0 Å². The molecule has 0 amide bonds. The van der Waals surface area contributed by atoms with E-state index in [1.54, 1.807) is 0 Å². The topological polar surface area (TPSA) is 147 Å². The molecule has 0 aliphatic heterocycles. The number of ether oxygens (including phenoxy) is 1. The van der Waals surface area contributed by atoms with Crippen LogP contribution in [0.4, 0.5) is 0 Å². The van der Waals surface area contributed by atoms with E-state index in [4.69, 9.17) is 4.74 Å². The van der Waals surface area contributed by atoms with Gasteiger partial charge in [0.25, 0.3) is 0 Å². The molecule has 21 heavy (non-hydrogen) atoms. The molecule has 0 radical (unpaired) electrons. The molecule has 0 aliphatic rings. The van der Waals surface area contributed by atoms with Crippen molar-refractivity contribution in [2.45, 2.75) is 6.42 Å². The summed E-state index contributed by atoms with van der Waals surface area (Å²) >= 11 is 0. The van der Waals surface area contributed by atoms with Crippen molar-refractivity contribution < 1.29 is 67.1 Å². The fourth-order valence-corrected chi connectivity index (χ4v) is 1.82. The quantitative estimate of drug-likeness (QED) is 0.274. The second-order valence-electron chi connectivity index (χ2n) is 3.78. The smallest absolute Gasteiger partial charge is 0.748 e. The van der Waals surface area contributed by atoms with Crippen LogP contribution in [0.15, 0.2) is 18.2 Å². The fourth-order valence-electron chi connectivity index (χ4n) is 1.34. The molecular formula is C11H9NaO8S-2. The Morgan fingerprint density at radius 3 is 1.90 bits per heavy atom. The van der Waals surface area contributed by atoms with Crippen LogP contribution >= 0.6 is 0 Å².